The second-order valence-electron chi connectivity index (χ2n) is 4.23. The number of nitrogens with one attached hydrogen (secondary N) is 1. The van der Waals surface area contributed by atoms with Crippen molar-refractivity contribution in [2.75, 3.05) is 11.9 Å². The first-order chi connectivity index (χ1) is 9.47. The van der Waals surface area contributed by atoms with E-state index in [1.807, 2.05) is 6.07 Å². The Morgan fingerprint density at radius 3 is 2.60 bits per heavy atom. The van der Waals surface area contributed by atoms with Crippen LogP contribution in [-0.2, 0) is 12.6 Å². The van der Waals surface area contributed by atoms with Crippen molar-refractivity contribution in [1.29, 1.82) is 0 Å². The van der Waals surface area contributed by atoms with Gasteiger partial charge in [0.1, 0.15) is 5.82 Å². The summed E-state index contributed by atoms with van der Waals surface area (Å²) in [6.07, 6.45) is -0.738. The fourth-order valence-electron chi connectivity index (χ4n) is 1.75. The number of rotatable bonds is 4. The quantitative estimate of drug-likeness (QED) is 0.861. The first-order valence-electron chi connectivity index (χ1n) is 5.96. The Morgan fingerprint density at radius 1 is 1.15 bits per heavy atom. The molecule has 0 amide bonds. The van der Waals surface area contributed by atoms with E-state index in [9.17, 15) is 17.6 Å². The number of nitrogens with zero attached hydrogens (tertiary/aromatic N) is 1. The lowest BCUT2D eigenvalue weighted by atomic mass is 10.1. The highest BCUT2D eigenvalue weighted by atomic mass is 19.4. The fourth-order valence-corrected chi connectivity index (χ4v) is 1.75. The van der Waals surface area contributed by atoms with Gasteiger partial charge in [-0.3, -0.25) is 4.98 Å². The Labute approximate surface area is 113 Å². The maximum atomic E-state index is 13.1. The molecular formula is C14H12F4N2. The summed E-state index contributed by atoms with van der Waals surface area (Å²) >= 11 is 0. The monoisotopic (exact) mass is 284 g/mol. The van der Waals surface area contributed by atoms with Crippen molar-refractivity contribution < 1.29 is 17.6 Å². The second kappa shape index (κ2) is 5.90. The molecule has 106 valence electrons. The van der Waals surface area contributed by atoms with E-state index < -0.39 is 17.6 Å². The molecule has 0 bridgehead atoms. The van der Waals surface area contributed by atoms with Crippen LogP contribution in [0.25, 0.3) is 0 Å². The minimum absolute atomic E-state index is 0.239. The summed E-state index contributed by atoms with van der Waals surface area (Å²) in [7, 11) is 0. The summed E-state index contributed by atoms with van der Waals surface area (Å²) in [5, 5.41) is 2.84. The first-order valence-corrected chi connectivity index (χ1v) is 5.96. The molecule has 1 N–H and O–H groups in total. The van der Waals surface area contributed by atoms with Gasteiger partial charge in [-0.25, -0.2) is 4.39 Å². The molecule has 0 aliphatic rings. The normalized spacial score (nSPS) is 11.4. The Morgan fingerprint density at radius 2 is 1.95 bits per heavy atom. The lowest BCUT2D eigenvalue weighted by Crippen LogP contribution is -2.10. The molecule has 0 aliphatic carbocycles. The summed E-state index contributed by atoms with van der Waals surface area (Å²) in [5.74, 6) is -1.27. The van der Waals surface area contributed by atoms with E-state index in [0.717, 1.165) is 17.7 Å². The number of hydrogen-bond acceptors (Lipinski definition) is 2. The van der Waals surface area contributed by atoms with Crippen LogP contribution in [0.15, 0.2) is 42.7 Å². The predicted octanol–water partition coefficient (Wildman–Crippen LogP) is 3.89. The van der Waals surface area contributed by atoms with E-state index in [1.165, 1.54) is 6.07 Å². The van der Waals surface area contributed by atoms with Gasteiger partial charge in [0.2, 0.25) is 0 Å². The number of benzene rings is 1. The Kier molecular flexibility index (Phi) is 4.22. The van der Waals surface area contributed by atoms with Gasteiger partial charge in [-0.15, -0.1) is 0 Å². The molecule has 0 unspecified atom stereocenters. The molecule has 0 aliphatic heterocycles. The number of aromatic nitrogens is 1. The number of pyridine rings is 1. The molecule has 0 spiro atoms. The lowest BCUT2D eigenvalue weighted by Gasteiger charge is -2.11. The standard InChI is InChI=1S/C14H12F4N2/c15-13-4-3-11(8-12(13)14(16,17)18)20-7-5-10-2-1-6-19-9-10/h1-4,6,8-9,20H,5,7H2. The van der Waals surface area contributed by atoms with Gasteiger partial charge in [-0.05, 0) is 36.2 Å². The summed E-state index contributed by atoms with van der Waals surface area (Å²) in [4.78, 5) is 3.94. The largest absolute Gasteiger partial charge is 0.419 e. The van der Waals surface area contributed by atoms with Crippen molar-refractivity contribution in [2.45, 2.75) is 12.6 Å². The third-order valence-corrected chi connectivity index (χ3v) is 2.74. The molecule has 2 nitrogen and oxygen atoms in total. The van der Waals surface area contributed by atoms with Gasteiger partial charge in [0.05, 0.1) is 5.56 Å². The number of anilines is 1. The summed E-state index contributed by atoms with van der Waals surface area (Å²) in [5.41, 5.74) is -0.0513. The van der Waals surface area contributed by atoms with E-state index in [2.05, 4.69) is 10.3 Å². The maximum absolute atomic E-state index is 13.1. The highest BCUT2D eigenvalue weighted by Crippen LogP contribution is 2.32. The molecule has 2 aromatic rings. The highest BCUT2D eigenvalue weighted by Gasteiger charge is 2.34. The van der Waals surface area contributed by atoms with E-state index in [1.54, 1.807) is 18.5 Å². The molecule has 20 heavy (non-hydrogen) atoms. The average molecular weight is 284 g/mol. The Balaban J connectivity index is 2.00. The van der Waals surface area contributed by atoms with Crippen LogP contribution in [0.3, 0.4) is 0 Å². The molecule has 0 atom stereocenters. The number of hydrogen-bond donors (Lipinski definition) is 1. The molecule has 0 fully saturated rings. The van der Waals surface area contributed by atoms with E-state index >= 15 is 0 Å². The molecule has 2 rings (SSSR count). The number of halogens is 4. The third-order valence-electron chi connectivity index (χ3n) is 2.74. The van der Waals surface area contributed by atoms with Crippen molar-refractivity contribution in [3.8, 4) is 0 Å². The van der Waals surface area contributed by atoms with Crippen molar-refractivity contribution in [1.82, 2.24) is 4.98 Å². The van der Waals surface area contributed by atoms with Crippen molar-refractivity contribution >= 4 is 5.69 Å². The molecule has 0 saturated carbocycles. The van der Waals surface area contributed by atoms with Crippen molar-refractivity contribution in [2.24, 2.45) is 0 Å². The zero-order valence-electron chi connectivity index (χ0n) is 10.4. The SMILES string of the molecule is Fc1ccc(NCCc2cccnc2)cc1C(F)(F)F. The number of alkyl halides is 3. The van der Waals surface area contributed by atoms with Gasteiger partial charge in [-0.1, -0.05) is 6.07 Å². The topological polar surface area (TPSA) is 24.9 Å². The van der Waals surface area contributed by atoms with Gasteiger partial charge >= 0.3 is 6.18 Å². The third kappa shape index (κ3) is 3.69. The second-order valence-corrected chi connectivity index (χ2v) is 4.23. The molecule has 1 aromatic heterocycles. The molecule has 0 radical (unpaired) electrons. The molecule has 1 aromatic carbocycles. The van der Waals surface area contributed by atoms with Crippen LogP contribution >= 0.6 is 0 Å². The smallest absolute Gasteiger partial charge is 0.385 e. The molecule has 6 heteroatoms. The molecular weight excluding hydrogens is 272 g/mol. The lowest BCUT2D eigenvalue weighted by molar-refractivity contribution is -0.139. The zero-order valence-corrected chi connectivity index (χ0v) is 10.4. The summed E-state index contributed by atoms with van der Waals surface area (Å²) in [6, 6.07) is 6.54. The maximum Gasteiger partial charge on any atom is 0.419 e. The Hall–Kier alpha value is -2.11. The van der Waals surface area contributed by atoms with Crippen LogP contribution in [0, 0.1) is 5.82 Å². The van der Waals surface area contributed by atoms with Crippen LogP contribution in [0.2, 0.25) is 0 Å². The molecule has 0 saturated heterocycles. The van der Waals surface area contributed by atoms with Crippen LogP contribution < -0.4 is 5.32 Å². The van der Waals surface area contributed by atoms with Gasteiger partial charge in [0.25, 0.3) is 0 Å². The van der Waals surface area contributed by atoms with Crippen LogP contribution in [-0.4, -0.2) is 11.5 Å². The summed E-state index contributed by atoms with van der Waals surface area (Å²) in [6.45, 7) is 0.439. The van der Waals surface area contributed by atoms with Crippen molar-refractivity contribution in [3.63, 3.8) is 0 Å². The van der Waals surface area contributed by atoms with E-state index in [-0.39, 0.29) is 5.69 Å². The van der Waals surface area contributed by atoms with Crippen LogP contribution in [0.4, 0.5) is 23.2 Å². The predicted molar refractivity (Wildman–Crippen MR) is 67.8 cm³/mol. The average Bonchev–Trinajstić information content (AvgIpc) is 2.40. The van der Waals surface area contributed by atoms with Crippen LogP contribution in [0.1, 0.15) is 11.1 Å². The van der Waals surface area contributed by atoms with Crippen LogP contribution in [0.5, 0.6) is 0 Å². The first kappa shape index (κ1) is 14.3. The summed E-state index contributed by atoms with van der Waals surface area (Å²) < 4.78 is 50.7. The van der Waals surface area contributed by atoms with Gasteiger partial charge in [-0.2, -0.15) is 13.2 Å². The fraction of sp³-hybridized carbons (Fsp3) is 0.214. The van der Waals surface area contributed by atoms with Crippen molar-refractivity contribution in [3.05, 3.63) is 59.7 Å². The van der Waals surface area contributed by atoms with Gasteiger partial charge in [0, 0.05) is 24.6 Å². The minimum atomic E-state index is -4.69. The van der Waals surface area contributed by atoms with E-state index in [4.69, 9.17) is 0 Å². The van der Waals surface area contributed by atoms with E-state index in [0.29, 0.717) is 13.0 Å². The molecule has 1 heterocycles. The Bertz CT molecular complexity index is 567. The minimum Gasteiger partial charge on any atom is -0.385 e. The van der Waals surface area contributed by atoms with Gasteiger partial charge < -0.3 is 5.32 Å². The van der Waals surface area contributed by atoms with Gasteiger partial charge in [0.15, 0.2) is 0 Å². The zero-order chi connectivity index (χ0) is 14.6. The highest BCUT2D eigenvalue weighted by molar-refractivity contribution is 5.47.